The van der Waals surface area contributed by atoms with Crippen molar-refractivity contribution < 1.29 is 9.47 Å². The highest BCUT2D eigenvalue weighted by atomic mass is 16.5. The number of likely N-dealkylation sites (tertiary alicyclic amines) is 1. The maximum absolute atomic E-state index is 5.65. The van der Waals surface area contributed by atoms with E-state index in [1.54, 1.807) is 18.5 Å². The normalized spacial score (nSPS) is 24.9. The monoisotopic (exact) mass is 277 g/mol. The van der Waals surface area contributed by atoms with Crippen LogP contribution in [0.4, 0.5) is 0 Å². The van der Waals surface area contributed by atoms with Crippen molar-refractivity contribution in [3.05, 3.63) is 18.5 Å². The molecule has 0 amide bonds. The Labute approximate surface area is 120 Å². The molecule has 1 aromatic heterocycles. The van der Waals surface area contributed by atoms with Crippen molar-refractivity contribution in [3.8, 4) is 6.01 Å². The number of rotatable bonds is 5. The Kier molecular flexibility index (Phi) is 4.82. The van der Waals surface area contributed by atoms with Gasteiger partial charge in [0, 0.05) is 25.5 Å². The third-order valence-corrected chi connectivity index (χ3v) is 4.24. The first-order valence-corrected chi connectivity index (χ1v) is 7.60. The SMILES string of the molecule is c1cnc(OCC2CCN(CC3CCOC3)CC2)nc1. The Morgan fingerprint density at radius 2 is 1.95 bits per heavy atom. The lowest BCUT2D eigenvalue weighted by Gasteiger charge is -2.32. The predicted molar refractivity (Wildman–Crippen MR) is 75.6 cm³/mol. The van der Waals surface area contributed by atoms with Crippen LogP contribution in [0.1, 0.15) is 19.3 Å². The van der Waals surface area contributed by atoms with Gasteiger partial charge in [-0.25, -0.2) is 9.97 Å². The van der Waals surface area contributed by atoms with Gasteiger partial charge >= 0.3 is 6.01 Å². The second kappa shape index (κ2) is 6.99. The molecular weight excluding hydrogens is 254 g/mol. The second-order valence-electron chi connectivity index (χ2n) is 5.82. The number of hydrogen-bond acceptors (Lipinski definition) is 5. The van der Waals surface area contributed by atoms with E-state index in [0.29, 0.717) is 11.9 Å². The molecule has 110 valence electrons. The molecule has 20 heavy (non-hydrogen) atoms. The summed E-state index contributed by atoms with van der Waals surface area (Å²) >= 11 is 0. The largest absolute Gasteiger partial charge is 0.463 e. The van der Waals surface area contributed by atoms with Crippen LogP contribution in [0.3, 0.4) is 0 Å². The van der Waals surface area contributed by atoms with E-state index < -0.39 is 0 Å². The molecule has 0 spiro atoms. The Morgan fingerprint density at radius 3 is 2.65 bits per heavy atom. The quantitative estimate of drug-likeness (QED) is 0.818. The van der Waals surface area contributed by atoms with Gasteiger partial charge in [0.05, 0.1) is 13.2 Å². The summed E-state index contributed by atoms with van der Waals surface area (Å²) in [4.78, 5) is 10.8. The lowest BCUT2D eigenvalue weighted by Crippen LogP contribution is -2.38. The number of aromatic nitrogens is 2. The molecule has 3 heterocycles. The van der Waals surface area contributed by atoms with Crippen molar-refractivity contribution in [2.75, 3.05) is 39.5 Å². The van der Waals surface area contributed by atoms with Gasteiger partial charge in [-0.2, -0.15) is 0 Å². The summed E-state index contributed by atoms with van der Waals surface area (Å²) in [6.45, 7) is 6.21. The average molecular weight is 277 g/mol. The molecule has 5 heteroatoms. The fraction of sp³-hybridized carbons (Fsp3) is 0.733. The van der Waals surface area contributed by atoms with Crippen molar-refractivity contribution in [2.45, 2.75) is 19.3 Å². The third-order valence-electron chi connectivity index (χ3n) is 4.24. The van der Waals surface area contributed by atoms with Crippen LogP contribution in [0.5, 0.6) is 6.01 Å². The summed E-state index contributed by atoms with van der Waals surface area (Å²) in [6.07, 6.45) is 7.08. The van der Waals surface area contributed by atoms with Crippen molar-refractivity contribution in [3.63, 3.8) is 0 Å². The Bertz CT molecular complexity index is 387. The molecule has 3 rings (SSSR count). The minimum absolute atomic E-state index is 0.498. The Hall–Kier alpha value is -1.20. The van der Waals surface area contributed by atoms with E-state index >= 15 is 0 Å². The molecular formula is C15H23N3O2. The van der Waals surface area contributed by atoms with Gasteiger partial charge in [0.15, 0.2) is 0 Å². The minimum atomic E-state index is 0.498. The van der Waals surface area contributed by atoms with E-state index in [1.165, 1.54) is 38.9 Å². The first-order chi connectivity index (χ1) is 9.90. The van der Waals surface area contributed by atoms with Crippen LogP contribution in [0.15, 0.2) is 18.5 Å². The average Bonchev–Trinajstić information content (AvgIpc) is 3.01. The van der Waals surface area contributed by atoms with Crippen molar-refractivity contribution >= 4 is 0 Å². The second-order valence-corrected chi connectivity index (χ2v) is 5.82. The van der Waals surface area contributed by atoms with Gasteiger partial charge in [-0.3, -0.25) is 0 Å². The highest BCUT2D eigenvalue weighted by Crippen LogP contribution is 2.21. The Balaban J connectivity index is 1.35. The molecule has 2 aliphatic heterocycles. The highest BCUT2D eigenvalue weighted by Gasteiger charge is 2.24. The minimum Gasteiger partial charge on any atom is -0.463 e. The van der Waals surface area contributed by atoms with E-state index in [1.807, 2.05) is 0 Å². The molecule has 2 saturated heterocycles. The number of ether oxygens (including phenoxy) is 2. The molecule has 1 aromatic rings. The summed E-state index contributed by atoms with van der Waals surface area (Å²) in [7, 11) is 0. The number of nitrogens with zero attached hydrogens (tertiary/aromatic N) is 3. The zero-order valence-corrected chi connectivity index (χ0v) is 11.9. The van der Waals surface area contributed by atoms with Gasteiger partial charge < -0.3 is 14.4 Å². The molecule has 0 aliphatic carbocycles. The summed E-state index contributed by atoms with van der Waals surface area (Å²) in [5.74, 6) is 1.38. The molecule has 0 bridgehead atoms. The summed E-state index contributed by atoms with van der Waals surface area (Å²) < 4.78 is 11.1. The topological polar surface area (TPSA) is 47.5 Å². The van der Waals surface area contributed by atoms with Crippen LogP contribution in [0, 0.1) is 11.8 Å². The maximum atomic E-state index is 5.65. The van der Waals surface area contributed by atoms with Crippen LogP contribution in [-0.4, -0.2) is 54.3 Å². The molecule has 2 fully saturated rings. The van der Waals surface area contributed by atoms with Gasteiger partial charge in [-0.1, -0.05) is 0 Å². The molecule has 0 N–H and O–H groups in total. The molecule has 1 atom stereocenters. The van der Waals surface area contributed by atoms with E-state index in [4.69, 9.17) is 9.47 Å². The van der Waals surface area contributed by atoms with Crippen LogP contribution in [0.25, 0.3) is 0 Å². The number of piperidine rings is 1. The zero-order chi connectivity index (χ0) is 13.6. The lowest BCUT2D eigenvalue weighted by atomic mass is 9.96. The highest BCUT2D eigenvalue weighted by molar-refractivity contribution is 4.93. The fourth-order valence-corrected chi connectivity index (χ4v) is 2.98. The van der Waals surface area contributed by atoms with Crippen LogP contribution in [0.2, 0.25) is 0 Å². The molecule has 2 aliphatic rings. The Morgan fingerprint density at radius 1 is 1.15 bits per heavy atom. The molecule has 0 aromatic carbocycles. The van der Waals surface area contributed by atoms with Crippen LogP contribution in [-0.2, 0) is 4.74 Å². The maximum Gasteiger partial charge on any atom is 0.316 e. The lowest BCUT2D eigenvalue weighted by molar-refractivity contribution is 0.116. The fourth-order valence-electron chi connectivity index (χ4n) is 2.98. The van der Waals surface area contributed by atoms with Gasteiger partial charge in [-0.05, 0) is 50.3 Å². The summed E-state index contributed by atoms with van der Waals surface area (Å²) in [5.41, 5.74) is 0. The molecule has 1 unspecified atom stereocenters. The first-order valence-electron chi connectivity index (χ1n) is 7.60. The summed E-state index contributed by atoms with van der Waals surface area (Å²) in [6, 6.07) is 2.30. The van der Waals surface area contributed by atoms with Gasteiger partial charge in [0.2, 0.25) is 0 Å². The predicted octanol–water partition coefficient (Wildman–Crippen LogP) is 1.60. The third kappa shape index (κ3) is 3.90. The van der Waals surface area contributed by atoms with Crippen molar-refractivity contribution in [1.82, 2.24) is 14.9 Å². The van der Waals surface area contributed by atoms with Gasteiger partial charge in [0.1, 0.15) is 0 Å². The standard InChI is InChI=1S/C15H23N3O2/c1-5-16-15(17-6-1)20-12-13-2-7-18(8-3-13)10-14-4-9-19-11-14/h1,5-6,13-14H,2-4,7-12H2. The van der Waals surface area contributed by atoms with Crippen molar-refractivity contribution in [2.24, 2.45) is 11.8 Å². The smallest absolute Gasteiger partial charge is 0.316 e. The van der Waals surface area contributed by atoms with E-state index in [0.717, 1.165) is 25.7 Å². The molecule has 0 radical (unpaired) electrons. The molecule has 5 nitrogen and oxygen atoms in total. The van der Waals surface area contributed by atoms with E-state index in [9.17, 15) is 0 Å². The van der Waals surface area contributed by atoms with Gasteiger partial charge in [0.25, 0.3) is 0 Å². The van der Waals surface area contributed by atoms with Crippen molar-refractivity contribution in [1.29, 1.82) is 0 Å². The number of hydrogen-bond donors (Lipinski definition) is 0. The van der Waals surface area contributed by atoms with Gasteiger partial charge in [-0.15, -0.1) is 0 Å². The molecule has 0 saturated carbocycles. The summed E-state index contributed by atoms with van der Waals surface area (Å²) in [5, 5.41) is 0. The van der Waals surface area contributed by atoms with E-state index in [2.05, 4.69) is 14.9 Å². The van der Waals surface area contributed by atoms with Crippen LogP contribution < -0.4 is 4.74 Å². The first kappa shape index (κ1) is 13.8. The van der Waals surface area contributed by atoms with Crippen LogP contribution >= 0.6 is 0 Å². The van der Waals surface area contributed by atoms with E-state index in [-0.39, 0.29) is 0 Å². The zero-order valence-electron chi connectivity index (χ0n) is 11.9.